The molecule has 1 aromatic carbocycles. The summed E-state index contributed by atoms with van der Waals surface area (Å²) < 4.78 is 0. The Morgan fingerprint density at radius 2 is 1.77 bits per heavy atom. The van der Waals surface area contributed by atoms with E-state index in [1.165, 1.54) is 0 Å². The SMILES string of the molecule is O=C(O)CCCNC(=O)c1ccc(CNC(=O)C2CC2)cc1. The van der Waals surface area contributed by atoms with Gasteiger partial charge in [0.05, 0.1) is 0 Å². The van der Waals surface area contributed by atoms with Gasteiger partial charge in [-0.2, -0.15) is 0 Å². The van der Waals surface area contributed by atoms with Crippen molar-refractivity contribution in [2.45, 2.75) is 32.2 Å². The van der Waals surface area contributed by atoms with E-state index in [4.69, 9.17) is 5.11 Å². The highest BCUT2D eigenvalue weighted by Crippen LogP contribution is 2.28. The van der Waals surface area contributed by atoms with Gasteiger partial charge in [0.25, 0.3) is 5.91 Å². The molecule has 1 aromatic rings. The molecule has 3 N–H and O–H groups in total. The Morgan fingerprint density at radius 3 is 2.36 bits per heavy atom. The molecule has 1 saturated carbocycles. The Kier molecular flexibility index (Phi) is 5.52. The number of rotatable bonds is 8. The van der Waals surface area contributed by atoms with E-state index in [2.05, 4.69) is 10.6 Å². The monoisotopic (exact) mass is 304 g/mol. The first-order valence-electron chi connectivity index (χ1n) is 7.43. The maximum absolute atomic E-state index is 11.8. The quantitative estimate of drug-likeness (QED) is 0.631. The second kappa shape index (κ2) is 7.59. The van der Waals surface area contributed by atoms with Gasteiger partial charge in [-0.15, -0.1) is 0 Å². The van der Waals surface area contributed by atoms with Crippen molar-refractivity contribution in [2.75, 3.05) is 6.54 Å². The van der Waals surface area contributed by atoms with Crippen LogP contribution < -0.4 is 10.6 Å². The van der Waals surface area contributed by atoms with Crippen molar-refractivity contribution in [2.24, 2.45) is 5.92 Å². The fourth-order valence-electron chi connectivity index (χ4n) is 2.00. The molecular weight excluding hydrogens is 284 g/mol. The zero-order chi connectivity index (χ0) is 15.9. The first-order chi connectivity index (χ1) is 10.6. The molecule has 0 bridgehead atoms. The lowest BCUT2D eigenvalue weighted by Crippen LogP contribution is -2.25. The van der Waals surface area contributed by atoms with Gasteiger partial charge >= 0.3 is 5.97 Å². The van der Waals surface area contributed by atoms with Gasteiger partial charge in [-0.1, -0.05) is 12.1 Å². The lowest BCUT2D eigenvalue weighted by molar-refractivity contribution is -0.137. The van der Waals surface area contributed by atoms with Crippen LogP contribution in [-0.2, 0) is 16.1 Å². The highest BCUT2D eigenvalue weighted by atomic mass is 16.4. The van der Waals surface area contributed by atoms with E-state index in [0.717, 1.165) is 18.4 Å². The third kappa shape index (κ3) is 5.20. The van der Waals surface area contributed by atoms with Crippen molar-refractivity contribution in [3.05, 3.63) is 35.4 Å². The molecule has 0 radical (unpaired) electrons. The molecule has 2 rings (SSSR count). The summed E-state index contributed by atoms with van der Waals surface area (Å²) >= 11 is 0. The van der Waals surface area contributed by atoms with E-state index in [0.29, 0.717) is 25.1 Å². The van der Waals surface area contributed by atoms with E-state index >= 15 is 0 Å². The molecule has 0 heterocycles. The van der Waals surface area contributed by atoms with Crippen LogP contribution in [0.1, 0.15) is 41.6 Å². The van der Waals surface area contributed by atoms with Gasteiger partial charge in [0.1, 0.15) is 0 Å². The third-order valence-electron chi connectivity index (χ3n) is 3.48. The highest BCUT2D eigenvalue weighted by molar-refractivity contribution is 5.94. The Balaban J connectivity index is 1.74. The second-order valence-corrected chi connectivity index (χ2v) is 5.44. The van der Waals surface area contributed by atoms with Gasteiger partial charge in [-0.3, -0.25) is 14.4 Å². The number of benzene rings is 1. The minimum Gasteiger partial charge on any atom is -0.481 e. The van der Waals surface area contributed by atoms with Crippen LogP contribution in [0.15, 0.2) is 24.3 Å². The second-order valence-electron chi connectivity index (χ2n) is 5.44. The van der Waals surface area contributed by atoms with Gasteiger partial charge < -0.3 is 15.7 Å². The maximum atomic E-state index is 11.8. The number of carbonyl (C=O) groups excluding carboxylic acids is 2. The topological polar surface area (TPSA) is 95.5 Å². The van der Waals surface area contributed by atoms with Crippen LogP contribution >= 0.6 is 0 Å². The van der Waals surface area contributed by atoms with Crippen molar-refractivity contribution in [1.29, 1.82) is 0 Å². The van der Waals surface area contributed by atoms with Crippen molar-refractivity contribution in [1.82, 2.24) is 10.6 Å². The number of carboxylic acid groups (broad SMARTS) is 1. The molecule has 0 atom stereocenters. The van der Waals surface area contributed by atoms with E-state index in [1.54, 1.807) is 24.3 Å². The van der Waals surface area contributed by atoms with E-state index in [9.17, 15) is 14.4 Å². The average molecular weight is 304 g/mol. The fraction of sp³-hybridized carbons (Fsp3) is 0.438. The molecule has 1 aliphatic carbocycles. The predicted molar refractivity (Wildman–Crippen MR) is 80.2 cm³/mol. The Labute approximate surface area is 128 Å². The van der Waals surface area contributed by atoms with Gasteiger partial charge in [0.15, 0.2) is 0 Å². The standard InChI is InChI=1S/C16H20N2O4/c19-14(20)2-1-9-17-15(21)12-5-3-11(4-6-12)10-18-16(22)13-7-8-13/h3-6,13H,1-2,7-10H2,(H,17,21)(H,18,22)(H,19,20). The predicted octanol–water partition coefficient (Wildman–Crippen LogP) is 1.31. The molecule has 1 fully saturated rings. The molecule has 6 heteroatoms. The fourth-order valence-corrected chi connectivity index (χ4v) is 2.00. The van der Waals surface area contributed by atoms with Gasteiger partial charge in [-0.25, -0.2) is 0 Å². The number of hydrogen-bond acceptors (Lipinski definition) is 3. The summed E-state index contributed by atoms with van der Waals surface area (Å²) in [6, 6.07) is 7.01. The molecule has 0 aliphatic heterocycles. The van der Waals surface area contributed by atoms with E-state index in [1.807, 2.05) is 0 Å². The summed E-state index contributed by atoms with van der Waals surface area (Å²) in [5.41, 5.74) is 1.46. The number of hydrogen-bond donors (Lipinski definition) is 3. The first-order valence-corrected chi connectivity index (χ1v) is 7.43. The third-order valence-corrected chi connectivity index (χ3v) is 3.48. The Hall–Kier alpha value is -2.37. The van der Waals surface area contributed by atoms with Gasteiger partial charge in [0, 0.05) is 31.0 Å². The number of amides is 2. The Bertz CT molecular complexity index is 550. The molecule has 0 unspecified atom stereocenters. The highest BCUT2D eigenvalue weighted by Gasteiger charge is 2.29. The van der Waals surface area contributed by atoms with Gasteiger partial charge in [0.2, 0.25) is 5.91 Å². The average Bonchev–Trinajstić information content (AvgIpc) is 3.34. The molecule has 118 valence electrons. The zero-order valence-corrected chi connectivity index (χ0v) is 12.3. The number of aliphatic carboxylic acids is 1. The van der Waals surface area contributed by atoms with Crippen molar-refractivity contribution in [3.63, 3.8) is 0 Å². The lowest BCUT2D eigenvalue weighted by atomic mass is 10.1. The van der Waals surface area contributed by atoms with Crippen LogP contribution in [0.4, 0.5) is 0 Å². The van der Waals surface area contributed by atoms with Crippen molar-refractivity contribution < 1.29 is 19.5 Å². The molecule has 0 spiro atoms. The normalized spacial score (nSPS) is 13.5. The van der Waals surface area contributed by atoms with Crippen molar-refractivity contribution in [3.8, 4) is 0 Å². The van der Waals surface area contributed by atoms with Gasteiger partial charge in [-0.05, 0) is 37.0 Å². The van der Waals surface area contributed by atoms with E-state index < -0.39 is 5.97 Å². The largest absolute Gasteiger partial charge is 0.481 e. The molecule has 0 saturated heterocycles. The molecule has 0 aromatic heterocycles. The summed E-state index contributed by atoms with van der Waals surface area (Å²) in [5.74, 6) is -0.804. The van der Waals surface area contributed by atoms with Crippen LogP contribution in [-0.4, -0.2) is 29.4 Å². The smallest absolute Gasteiger partial charge is 0.303 e. The van der Waals surface area contributed by atoms with Crippen LogP contribution in [0.5, 0.6) is 0 Å². The summed E-state index contributed by atoms with van der Waals surface area (Å²) in [4.78, 5) is 33.7. The summed E-state index contributed by atoms with van der Waals surface area (Å²) in [7, 11) is 0. The summed E-state index contributed by atoms with van der Waals surface area (Å²) in [5, 5.41) is 14.1. The molecular formula is C16H20N2O4. The van der Waals surface area contributed by atoms with Crippen molar-refractivity contribution >= 4 is 17.8 Å². The summed E-state index contributed by atoms with van der Waals surface area (Å²) in [6.45, 7) is 0.806. The maximum Gasteiger partial charge on any atom is 0.303 e. The van der Waals surface area contributed by atoms with E-state index in [-0.39, 0.29) is 24.2 Å². The number of carboxylic acids is 1. The number of carbonyl (C=O) groups is 3. The first kappa shape index (κ1) is 16.0. The van der Waals surface area contributed by atoms with Crippen LogP contribution in [0.3, 0.4) is 0 Å². The molecule has 6 nitrogen and oxygen atoms in total. The number of nitrogens with one attached hydrogen (secondary N) is 2. The minimum atomic E-state index is -0.869. The lowest BCUT2D eigenvalue weighted by Gasteiger charge is -2.07. The minimum absolute atomic E-state index is 0.0416. The zero-order valence-electron chi connectivity index (χ0n) is 12.3. The van der Waals surface area contributed by atoms with Crippen LogP contribution in [0, 0.1) is 5.92 Å². The van der Waals surface area contributed by atoms with Crippen LogP contribution in [0.2, 0.25) is 0 Å². The summed E-state index contributed by atoms with van der Waals surface area (Å²) in [6.07, 6.45) is 2.41. The molecule has 1 aliphatic rings. The van der Waals surface area contributed by atoms with Crippen LogP contribution in [0.25, 0.3) is 0 Å². The molecule has 22 heavy (non-hydrogen) atoms. The Morgan fingerprint density at radius 1 is 1.09 bits per heavy atom. The molecule has 2 amide bonds.